The van der Waals surface area contributed by atoms with Gasteiger partial charge in [0.1, 0.15) is 18.1 Å². The van der Waals surface area contributed by atoms with Crippen molar-refractivity contribution in [2.24, 2.45) is 0 Å². The highest BCUT2D eigenvalue weighted by Crippen LogP contribution is 2.22. The van der Waals surface area contributed by atoms with Gasteiger partial charge in [-0.05, 0) is 55.7 Å². The van der Waals surface area contributed by atoms with E-state index in [1.54, 1.807) is 12.1 Å². The van der Waals surface area contributed by atoms with Crippen LogP contribution in [0.4, 0.5) is 0 Å². The first kappa shape index (κ1) is 19.1. The summed E-state index contributed by atoms with van der Waals surface area (Å²) in [5.74, 6) is 1.16. The van der Waals surface area contributed by atoms with Crippen LogP contribution in [0.2, 0.25) is 5.02 Å². The molecular weight excluding hydrogens is 338 g/mol. The first-order valence-corrected chi connectivity index (χ1v) is 8.78. The maximum atomic E-state index is 12.3. The van der Waals surface area contributed by atoms with E-state index in [0.29, 0.717) is 36.1 Å². The lowest BCUT2D eigenvalue weighted by Crippen LogP contribution is -2.39. The fraction of sp³-hybridized carbons (Fsp3) is 0.350. The van der Waals surface area contributed by atoms with E-state index < -0.39 is 6.10 Å². The molecule has 25 heavy (non-hydrogen) atoms. The molecule has 0 aliphatic heterocycles. The second kappa shape index (κ2) is 9.33. The van der Waals surface area contributed by atoms with Crippen molar-refractivity contribution in [3.63, 3.8) is 0 Å². The Hall–Kier alpha value is -2.20. The number of ether oxygens (including phenoxy) is 2. The topological polar surface area (TPSA) is 47.6 Å². The number of aryl methyl sites for hydroxylation is 2. The van der Waals surface area contributed by atoms with Gasteiger partial charge in [-0.1, -0.05) is 36.7 Å². The molecule has 134 valence electrons. The first-order chi connectivity index (χ1) is 12.0. The van der Waals surface area contributed by atoms with E-state index in [1.165, 1.54) is 5.56 Å². The molecule has 0 fully saturated rings. The predicted molar refractivity (Wildman–Crippen MR) is 101 cm³/mol. The minimum atomic E-state index is -0.526. The van der Waals surface area contributed by atoms with Gasteiger partial charge >= 0.3 is 0 Å². The molecule has 0 saturated heterocycles. The van der Waals surface area contributed by atoms with Crippen LogP contribution >= 0.6 is 11.6 Å². The molecule has 1 amide bonds. The molecule has 0 heterocycles. The second-order valence-electron chi connectivity index (χ2n) is 5.83. The van der Waals surface area contributed by atoms with Crippen molar-refractivity contribution in [2.45, 2.75) is 33.3 Å². The maximum Gasteiger partial charge on any atom is 0.261 e. The summed E-state index contributed by atoms with van der Waals surface area (Å²) in [5, 5.41) is 3.39. The summed E-state index contributed by atoms with van der Waals surface area (Å²) in [5.41, 5.74) is 2.34. The van der Waals surface area contributed by atoms with Gasteiger partial charge in [0, 0.05) is 0 Å². The number of para-hydroxylation sites is 1. The quantitative estimate of drug-likeness (QED) is 0.713. The van der Waals surface area contributed by atoms with Crippen molar-refractivity contribution in [1.29, 1.82) is 0 Å². The first-order valence-electron chi connectivity index (χ1n) is 8.40. The molecule has 2 rings (SSSR count). The summed E-state index contributed by atoms with van der Waals surface area (Å²) in [6.07, 6.45) is 0.0619. The third kappa shape index (κ3) is 5.68. The smallest absolute Gasteiger partial charge is 0.261 e. The van der Waals surface area contributed by atoms with Gasteiger partial charge < -0.3 is 14.8 Å². The monoisotopic (exact) mass is 361 g/mol. The lowest BCUT2D eigenvalue weighted by molar-refractivity contribution is -0.128. The lowest BCUT2D eigenvalue weighted by Gasteiger charge is -2.18. The van der Waals surface area contributed by atoms with Gasteiger partial charge in [0.25, 0.3) is 5.91 Å². The molecule has 0 aromatic heterocycles. The SMILES string of the molecule is CC[C@@H](Oc1ccc(C)c(C)c1)C(=O)NCCOc1ccccc1Cl. The van der Waals surface area contributed by atoms with Crippen molar-refractivity contribution in [3.8, 4) is 11.5 Å². The van der Waals surface area contributed by atoms with Crippen molar-refractivity contribution in [2.75, 3.05) is 13.2 Å². The van der Waals surface area contributed by atoms with Crippen molar-refractivity contribution in [3.05, 3.63) is 58.6 Å². The number of nitrogens with one attached hydrogen (secondary N) is 1. The number of amides is 1. The molecule has 2 aromatic rings. The van der Waals surface area contributed by atoms with Crippen molar-refractivity contribution >= 4 is 17.5 Å². The molecule has 0 aliphatic rings. The van der Waals surface area contributed by atoms with E-state index in [-0.39, 0.29) is 5.91 Å². The fourth-order valence-electron chi connectivity index (χ4n) is 2.28. The van der Waals surface area contributed by atoms with Gasteiger partial charge in [-0.25, -0.2) is 0 Å². The Balaban J connectivity index is 1.81. The Morgan fingerprint density at radius 2 is 1.92 bits per heavy atom. The molecule has 1 atom stereocenters. The normalized spacial score (nSPS) is 11.7. The summed E-state index contributed by atoms with van der Waals surface area (Å²) >= 11 is 6.02. The van der Waals surface area contributed by atoms with Gasteiger partial charge in [0.05, 0.1) is 11.6 Å². The third-order valence-corrected chi connectivity index (χ3v) is 4.23. The largest absolute Gasteiger partial charge is 0.490 e. The van der Waals surface area contributed by atoms with Gasteiger partial charge in [-0.3, -0.25) is 4.79 Å². The summed E-state index contributed by atoms with van der Waals surface area (Å²) in [4.78, 5) is 12.3. The van der Waals surface area contributed by atoms with E-state index in [1.807, 2.05) is 51.1 Å². The lowest BCUT2D eigenvalue weighted by atomic mass is 10.1. The summed E-state index contributed by atoms with van der Waals surface area (Å²) in [6.45, 7) is 6.72. The minimum absolute atomic E-state index is 0.150. The number of halogens is 1. The average Bonchev–Trinajstić information content (AvgIpc) is 2.60. The van der Waals surface area contributed by atoms with Gasteiger partial charge in [0.2, 0.25) is 0 Å². The molecule has 0 saturated carbocycles. The van der Waals surface area contributed by atoms with Crippen LogP contribution in [0.1, 0.15) is 24.5 Å². The number of hydrogen-bond donors (Lipinski definition) is 1. The maximum absolute atomic E-state index is 12.3. The standard InChI is InChI=1S/C20H24ClNO3/c1-4-18(25-16-10-9-14(2)15(3)13-16)20(23)22-11-12-24-19-8-6-5-7-17(19)21/h5-10,13,18H,4,11-12H2,1-3H3,(H,22,23)/t18-/m1/s1. The zero-order valence-electron chi connectivity index (χ0n) is 14.8. The van der Waals surface area contributed by atoms with E-state index in [2.05, 4.69) is 5.32 Å². The number of rotatable bonds is 8. The number of carbonyl (C=O) groups excluding carboxylic acids is 1. The molecule has 1 N–H and O–H groups in total. The Bertz CT molecular complexity index is 718. The molecule has 0 spiro atoms. The molecule has 0 radical (unpaired) electrons. The highest BCUT2D eigenvalue weighted by Gasteiger charge is 2.18. The molecule has 0 aliphatic carbocycles. The zero-order valence-corrected chi connectivity index (χ0v) is 15.6. The van der Waals surface area contributed by atoms with Crippen LogP contribution in [0.25, 0.3) is 0 Å². The fourth-order valence-corrected chi connectivity index (χ4v) is 2.47. The highest BCUT2D eigenvalue weighted by atomic mass is 35.5. The molecule has 2 aromatic carbocycles. The van der Waals surface area contributed by atoms with Gasteiger partial charge in [-0.2, -0.15) is 0 Å². The molecule has 0 unspecified atom stereocenters. The Morgan fingerprint density at radius 1 is 1.16 bits per heavy atom. The van der Waals surface area contributed by atoms with Crippen molar-refractivity contribution in [1.82, 2.24) is 5.32 Å². The van der Waals surface area contributed by atoms with Gasteiger partial charge in [-0.15, -0.1) is 0 Å². The van der Waals surface area contributed by atoms with Gasteiger partial charge in [0.15, 0.2) is 6.10 Å². The molecular formula is C20H24ClNO3. The Labute approximate surface area is 154 Å². The number of benzene rings is 2. The van der Waals surface area contributed by atoms with E-state index in [9.17, 15) is 4.79 Å². The van der Waals surface area contributed by atoms with Crippen molar-refractivity contribution < 1.29 is 14.3 Å². The Morgan fingerprint density at radius 3 is 2.60 bits per heavy atom. The van der Waals surface area contributed by atoms with E-state index in [4.69, 9.17) is 21.1 Å². The van der Waals surface area contributed by atoms with E-state index >= 15 is 0 Å². The molecule has 0 bridgehead atoms. The van der Waals surface area contributed by atoms with Crippen LogP contribution < -0.4 is 14.8 Å². The molecule has 4 nitrogen and oxygen atoms in total. The summed E-state index contributed by atoms with van der Waals surface area (Å²) < 4.78 is 11.4. The predicted octanol–water partition coefficient (Wildman–Crippen LogP) is 4.31. The summed E-state index contributed by atoms with van der Waals surface area (Å²) in [6, 6.07) is 13.1. The van der Waals surface area contributed by atoms with Crippen LogP contribution in [-0.2, 0) is 4.79 Å². The van der Waals surface area contributed by atoms with Crippen LogP contribution in [0.3, 0.4) is 0 Å². The highest BCUT2D eigenvalue weighted by molar-refractivity contribution is 6.32. The number of carbonyl (C=O) groups is 1. The van der Waals surface area contributed by atoms with Crippen LogP contribution in [0.15, 0.2) is 42.5 Å². The van der Waals surface area contributed by atoms with Crippen LogP contribution in [0, 0.1) is 13.8 Å². The third-order valence-electron chi connectivity index (χ3n) is 3.92. The minimum Gasteiger partial charge on any atom is -0.490 e. The second-order valence-corrected chi connectivity index (χ2v) is 6.24. The summed E-state index contributed by atoms with van der Waals surface area (Å²) in [7, 11) is 0. The molecule has 5 heteroatoms. The zero-order chi connectivity index (χ0) is 18.2. The van der Waals surface area contributed by atoms with E-state index in [0.717, 1.165) is 5.56 Å². The van der Waals surface area contributed by atoms with Crippen LogP contribution in [0.5, 0.6) is 11.5 Å². The average molecular weight is 362 g/mol. The Kier molecular flexibility index (Phi) is 7.14. The van der Waals surface area contributed by atoms with Crippen LogP contribution in [-0.4, -0.2) is 25.2 Å². The number of hydrogen-bond acceptors (Lipinski definition) is 3.